The highest BCUT2D eigenvalue weighted by Gasteiger charge is 2.55. The number of carbonyl (C=O) groups is 4. The summed E-state index contributed by atoms with van der Waals surface area (Å²) in [6, 6.07) is 0. The lowest BCUT2D eigenvalue weighted by molar-refractivity contribution is -0.188. The third kappa shape index (κ3) is 1.70. The van der Waals surface area contributed by atoms with Gasteiger partial charge >= 0.3 is 17.5 Å². The minimum absolute atomic E-state index is 0.299. The van der Waals surface area contributed by atoms with Crippen molar-refractivity contribution in [3.05, 3.63) is 0 Å². The standard InChI is InChI=1S/C7H8O7/c1-4(9)7(5(10)11,14-3-8)6(12)13-2/h3H,1-2H3,(H,10,11). The Kier molecular flexibility index (Phi) is 3.76. The minimum Gasteiger partial charge on any atom is -0.477 e. The number of carboxylic acid groups (broad SMARTS) is 1. The maximum Gasteiger partial charge on any atom is 0.370 e. The Hall–Kier alpha value is -1.92. The van der Waals surface area contributed by atoms with Crippen LogP contribution in [-0.2, 0) is 28.7 Å². The average Bonchev–Trinajstić information content (AvgIpc) is 2.11. The zero-order valence-electron chi connectivity index (χ0n) is 7.47. The van der Waals surface area contributed by atoms with Gasteiger partial charge in [-0.05, 0) is 6.92 Å². The van der Waals surface area contributed by atoms with Crippen molar-refractivity contribution in [3.8, 4) is 0 Å². The molecule has 0 fully saturated rings. The molecule has 1 atom stereocenters. The van der Waals surface area contributed by atoms with Crippen LogP contribution in [0.2, 0.25) is 0 Å². The summed E-state index contributed by atoms with van der Waals surface area (Å²) in [4.78, 5) is 42.6. The quantitative estimate of drug-likeness (QED) is 0.338. The molecule has 14 heavy (non-hydrogen) atoms. The molecular weight excluding hydrogens is 196 g/mol. The molecule has 0 aromatic heterocycles. The minimum atomic E-state index is -2.89. The van der Waals surface area contributed by atoms with E-state index >= 15 is 0 Å². The van der Waals surface area contributed by atoms with Crippen LogP contribution in [0, 0.1) is 0 Å². The molecule has 0 aliphatic heterocycles. The lowest BCUT2D eigenvalue weighted by atomic mass is 10.00. The maximum absolute atomic E-state index is 11.0. The Labute approximate surface area is 78.6 Å². The molecular formula is C7H8O7. The number of hydrogen-bond donors (Lipinski definition) is 1. The predicted octanol–water partition coefficient (Wildman–Crippen LogP) is -1.26. The van der Waals surface area contributed by atoms with Crippen LogP contribution in [0.1, 0.15) is 6.92 Å². The van der Waals surface area contributed by atoms with Gasteiger partial charge in [0, 0.05) is 0 Å². The highest BCUT2D eigenvalue weighted by atomic mass is 16.6. The zero-order valence-corrected chi connectivity index (χ0v) is 7.47. The van der Waals surface area contributed by atoms with E-state index in [1.165, 1.54) is 0 Å². The summed E-state index contributed by atoms with van der Waals surface area (Å²) in [7, 11) is 0.872. The van der Waals surface area contributed by atoms with Gasteiger partial charge in [0.1, 0.15) is 0 Å². The zero-order chi connectivity index (χ0) is 11.4. The van der Waals surface area contributed by atoms with E-state index in [0.29, 0.717) is 0 Å². The Bertz CT molecular complexity index is 266. The largest absolute Gasteiger partial charge is 0.477 e. The number of rotatable bonds is 5. The molecule has 0 bridgehead atoms. The lowest BCUT2D eigenvalue weighted by Gasteiger charge is -2.20. The van der Waals surface area contributed by atoms with Gasteiger partial charge < -0.3 is 14.6 Å². The van der Waals surface area contributed by atoms with E-state index in [9.17, 15) is 19.2 Å². The molecule has 0 radical (unpaired) electrons. The number of Topliss-reactive ketones (excluding diaryl/α,β-unsaturated/α-hetero) is 1. The summed E-state index contributed by atoms with van der Waals surface area (Å²) in [5, 5.41) is 8.62. The van der Waals surface area contributed by atoms with Gasteiger partial charge in [0.15, 0.2) is 5.78 Å². The Morgan fingerprint density at radius 2 is 1.86 bits per heavy atom. The summed E-state index contributed by atoms with van der Waals surface area (Å²) < 4.78 is 8.07. The van der Waals surface area contributed by atoms with Gasteiger partial charge in [0.2, 0.25) is 0 Å². The summed E-state index contributed by atoms with van der Waals surface area (Å²) in [6.07, 6.45) is 0. The van der Waals surface area contributed by atoms with E-state index in [4.69, 9.17) is 5.11 Å². The topological polar surface area (TPSA) is 107 Å². The number of hydrogen-bond acceptors (Lipinski definition) is 6. The first-order valence-electron chi connectivity index (χ1n) is 3.37. The smallest absolute Gasteiger partial charge is 0.370 e. The number of methoxy groups -OCH3 is 1. The molecule has 0 amide bonds. The molecule has 0 heterocycles. The van der Waals surface area contributed by atoms with Gasteiger partial charge in [0.25, 0.3) is 6.47 Å². The molecule has 7 heteroatoms. The fourth-order valence-electron chi connectivity index (χ4n) is 0.779. The molecule has 0 aliphatic carbocycles. The van der Waals surface area contributed by atoms with Crippen molar-refractivity contribution in [3.63, 3.8) is 0 Å². The number of ketones is 1. The van der Waals surface area contributed by atoms with Crippen molar-refractivity contribution in [1.82, 2.24) is 0 Å². The van der Waals surface area contributed by atoms with Crippen molar-refractivity contribution in [2.75, 3.05) is 7.11 Å². The maximum atomic E-state index is 11.0. The normalized spacial score (nSPS) is 13.6. The second-order valence-corrected chi connectivity index (χ2v) is 2.25. The molecule has 78 valence electrons. The first kappa shape index (κ1) is 12.1. The number of esters is 1. The fourth-order valence-corrected chi connectivity index (χ4v) is 0.779. The summed E-state index contributed by atoms with van der Waals surface area (Å²) in [6.45, 7) is 0.501. The third-order valence-corrected chi connectivity index (χ3v) is 1.49. The monoisotopic (exact) mass is 204 g/mol. The van der Waals surface area contributed by atoms with Crippen LogP contribution >= 0.6 is 0 Å². The van der Waals surface area contributed by atoms with Crippen molar-refractivity contribution in [1.29, 1.82) is 0 Å². The van der Waals surface area contributed by atoms with Crippen LogP contribution in [0.25, 0.3) is 0 Å². The average molecular weight is 204 g/mol. The van der Waals surface area contributed by atoms with Crippen LogP contribution < -0.4 is 0 Å². The van der Waals surface area contributed by atoms with Gasteiger partial charge in [-0.3, -0.25) is 9.59 Å². The second kappa shape index (κ2) is 4.35. The Balaban J connectivity index is 5.36. The van der Waals surface area contributed by atoms with E-state index in [1.54, 1.807) is 0 Å². The highest BCUT2D eigenvalue weighted by Crippen LogP contribution is 2.14. The van der Waals surface area contributed by atoms with E-state index in [1.807, 2.05) is 0 Å². The van der Waals surface area contributed by atoms with Gasteiger partial charge in [-0.15, -0.1) is 0 Å². The molecule has 1 unspecified atom stereocenters. The van der Waals surface area contributed by atoms with E-state index < -0.39 is 23.3 Å². The van der Waals surface area contributed by atoms with Crippen LogP contribution in [0.15, 0.2) is 0 Å². The van der Waals surface area contributed by atoms with E-state index in [2.05, 4.69) is 9.47 Å². The van der Waals surface area contributed by atoms with Crippen molar-refractivity contribution in [2.45, 2.75) is 12.5 Å². The van der Waals surface area contributed by atoms with Crippen LogP contribution in [0.4, 0.5) is 0 Å². The predicted molar refractivity (Wildman–Crippen MR) is 40.2 cm³/mol. The number of carboxylic acids is 1. The van der Waals surface area contributed by atoms with Crippen molar-refractivity contribution < 1.29 is 33.8 Å². The third-order valence-electron chi connectivity index (χ3n) is 1.49. The van der Waals surface area contributed by atoms with E-state index in [-0.39, 0.29) is 6.47 Å². The lowest BCUT2D eigenvalue weighted by Crippen LogP contribution is -2.55. The Morgan fingerprint density at radius 1 is 1.36 bits per heavy atom. The van der Waals surface area contributed by atoms with Crippen LogP contribution in [0.5, 0.6) is 0 Å². The molecule has 0 saturated heterocycles. The first-order chi connectivity index (χ1) is 6.43. The molecule has 0 aromatic carbocycles. The highest BCUT2D eigenvalue weighted by molar-refractivity contribution is 6.23. The van der Waals surface area contributed by atoms with Crippen LogP contribution in [-0.4, -0.2) is 42.0 Å². The van der Waals surface area contributed by atoms with Gasteiger partial charge in [0.05, 0.1) is 7.11 Å². The number of carbonyl (C=O) groups excluding carboxylic acids is 3. The van der Waals surface area contributed by atoms with Crippen LogP contribution in [0.3, 0.4) is 0 Å². The molecule has 0 saturated carbocycles. The van der Waals surface area contributed by atoms with Crippen molar-refractivity contribution >= 4 is 24.2 Å². The summed E-state index contributed by atoms with van der Waals surface area (Å²) in [5.41, 5.74) is -2.89. The van der Waals surface area contributed by atoms with Gasteiger partial charge in [-0.25, -0.2) is 9.59 Å². The molecule has 0 aromatic rings. The SMILES string of the molecule is COC(=O)C(OC=O)(C(C)=O)C(=O)O. The molecule has 1 N–H and O–H groups in total. The number of aliphatic carboxylic acids is 1. The van der Waals surface area contributed by atoms with Gasteiger partial charge in [-0.1, -0.05) is 0 Å². The first-order valence-corrected chi connectivity index (χ1v) is 3.37. The molecule has 7 nitrogen and oxygen atoms in total. The summed E-state index contributed by atoms with van der Waals surface area (Å²) in [5.74, 6) is -4.50. The fraction of sp³-hybridized carbons (Fsp3) is 0.429. The Morgan fingerprint density at radius 3 is 2.07 bits per heavy atom. The molecule has 0 rings (SSSR count). The van der Waals surface area contributed by atoms with Gasteiger partial charge in [-0.2, -0.15) is 0 Å². The van der Waals surface area contributed by atoms with Crippen molar-refractivity contribution in [2.24, 2.45) is 0 Å². The molecule has 0 aliphatic rings. The van der Waals surface area contributed by atoms with E-state index in [0.717, 1.165) is 14.0 Å². The number of ether oxygens (including phenoxy) is 2. The second-order valence-electron chi connectivity index (χ2n) is 2.25. The molecule has 0 spiro atoms. The summed E-state index contributed by atoms with van der Waals surface area (Å²) >= 11 is 0.